The third kappa shape index (κ3) is 13.7. The van der Waals surface area contributed by atoms with Crippen LogP contribution >= 0.6 is 0 Å². The van der Waals surface area contributed by atoms with Gasteiger partial charge in [-0.1, -0.05) is 13.2 Å². The van der Waals surface area contributed by atoms with Gasteiger partial charge in [0.1, 0.15) is 36.9 Å². The van der Waals surface area contributed by atoms with Crippen molar-refractivity contribution in [3.63, 3.8) is 0 Å². The van der Waals surface area contributed by atoms with Crippen LogP contribution in [-0.2, 0) is 47.7 Å². The summed E-state index contributed by atoms with van der Waals surface area (Å²) in [6, 6.07) is 3.90. The maximum atomic E-state index is 12.2. The van der Waals surface area contributed by atoms with E-state index >= 15 is 0 Å². The molecule has 0 spiro atoms. The van der Waals surface area contributed by atoms with Crippen molar-refractivity contribution < 1.29 is 57.2 Å². The Morgan fingerprint density at radius 3 is 1.65 bits per heavy atom. The second kappa shape index (κ2) is 17.7. The maximum absolute atomic E-state index is 12.2. The minimum atomic E-state index is -0.775. The van der Waals surface area contributed by atoms with Crippen molar-refractivity contribution in [3.8, 4) is 11.5 Å². The predicted octanol–water partition coefficient (Wildman–Crippen LogP) is 2.38. The van der Waals surface area contributed by atoms with Crippen LogP contribution in [0.3, 0.4) is 0 Å². The van der Waals surface area contributed by atoms with E-state index in [1.54, 1.807) is 0 Å². The Kier molecular flexibility index (Phi) is 14.7. The van der Waals surface area contributed by atoms with E-state index in [0.717, 1.165) is 18.4 Å². The van der Waals surface area contributed by atoms with Crippen LogP contribution in [0.5, 0.6) is 11.5 Å². The smallest absolute Gasteiger partial charge is 0.330 e. The first kappa shape index (κ1) is 33.2. The number of hydrogen-bond acceptors (Lipinski definition) is 13. The summed E-state index contributed by atoms with van der Waals surface area (Å²) in [5, 5.41) is 7.54. The first-order valence-corrected chi connectivity index (χ1v) is 12.0. The molecular formula is C27H31NO12. The fourth-order valence-corrected chi connectivity index (χ4v) is 2.71. The monoisotopic (exact) mass is 561 g/mol. The minimum absolute atomic E-state index is 0.00686. The number of carbonyl (C=O) groups is 6. The Hall–Kier alpha value is -4.81. The minimum Gasteiger partial charge on any atom is -0.459 e. The van der Waals surface area contributed by atoms with Crippen molar-refractivity contribution in [3.05, 3.63) is 49.1 Å². The molecule has 0 saturated heterocycles. The number of nitrogens with one attached hydrogen (secondary N) is 1. The van der Waals surface area contributed by atoms with Crippen molar-refractivity contribution in [2.45, 2.75) is 51.7 Å². The molecule has 0 amide bonds. The zero-order valence-corrected chi connectivity index (χ0v) is 22.2. The highest BCUT2D eigenvalue weighted by atomic mass is 16.6. The molecule has 0 aliphatic rings. The molecule has 1 aromatic rings. The van der Waals surface area contributed by atoms with Crippen molar-refractivity contribution in [1.82, 2.24) is 0 Å². The lowest BCUT2D eigenvalue weighted by Crippen LogP contribution is -2.22. The van der Waals surface area contributed by atoms with Gasteiger partial charge in [-0.3, -0.25) is 19.2 Å². The van der Waals surface area contributed by atoms with E-state index in [1.807, 2.05) is 0 Å². The van der Waals surface area contributed by atoms with E-state index in [1.165, 1.54) is 32.0 Å². The summed E-state index contributed by atoms with van der Waals surface area (Å²) in [5.41, 5.74) is 0.112. The van der Waals surface area contributed by atoms with Crippen molar-refractivity contribution in [1.29, 1.82) is 5.41 Å². The van der Waals surface area contributed by atoms with Crippen LogP contribution in [0.4, 0.5) is 0 Å². The lowest BCUT2D eigenvalue weighted by molar-refractivity contribution is -0.156. The van der Waals surface area contributed by atoms with E-state index in [2.05, 4.69) is 13.2 Å². The average Bonchev–Trinajstić information content (AvgIpc) is 2.93. The van der Waals surface area contributed by atoms with Gasteiger partial charge in [-0.15, -0.1) is 0 Å². The zero-order chi connectivity index (χ0) is 30.1. The second-order valence-corrected chi connectivity index (χ2v) is 8.06. The quantitative estimate of drug-likeness (QED) is 0.0965. The van der Waals surface area contributed by atoms with Crippen LogP contribution in [0.25, 0.3) is 0 Å². The lowest BCUT2D eigenvalue weighted by atomic mass is 10.2. The van der Waals surface area contributed by atoms with Crippen LogP contribution in [0, 0.1) is 5.41 Å². The number of carbonyl (C=O) groups excluding carboxylic acids is 6. The van der Waals surface area contributed by atoms with Gasteiger partial charge in [-0.05, 0) is 32.0 Å². The normalized spacial score (nSPS) is 11.6. The Morgan fingerprint density at radius 1 is 0.750 bits per heavy atom. The molecule has 0 aromatic heterocycles. The molecule has 13 nitrogen and oxygen atoms in total. The van der Waals surface area contributed by atoms with E-state index in [4.69, 9.17) is 33.8 Å². The summed E-state index contributed by atoms with van der Waals surface area (Å²) in [5.74, 6) is -4.22. The Bertz CT molecular complexity index is 1130. The molecule has 2 unspecified atom stereocenters. The molecule has 0 aliphatic heterocycles. The summed E-state index contributed by atoms with van der Waals surface area (Å²) in [4.78, 5) is 70.1. The lowest BCUT2D eigenvalue weighted by Gasteiger charge is -2.13. The van der Waals surface area contributed by atoms with Crippen LogP contribution in [-0.4, -0.2) is 67.5 Å². The number of rotatable bonds is 17. The first-order valence-electron chi connectivity index (χ1n) is 12.0. The Balaban J connectivity index is 2.50. The SMILES string of the molecule is C=CC(=O)OCC(C)OC(=O)CCC(=O)Oc1ccc(OC(=O)CCC(=O)OC(C)COC(=O)C=C)c(C=N)c1. The highest BCUT2D eigenvalue weighted by Crippen LogP contribution is 2.24. The highest BCUT2D eigenvalue weighted by molar-refractivity contribution is 5.86. The van der Waals surface area contributed by atoms with Gasteiger partial charge in [0.2, 0.25) is 0 Å². The van der Waals surface area contributed by atoms with Gasteiger partial charge in [0, 0.05) is 23.9 Å². The third-order valence-electron chi connectivity index (χ3n) is 4.58. The molecule has 0 radical (unpaired) electrons. The summed E-state index contributed by atoms with van der Waals surface area (Å²) < 4.78 is 29.9. The van der Waals surface area contributed by atoms with Gasteiger partial charge in [-0.25, -0.2) is 9.59 Å². The molecule has 13 heteroatoms. The van der Waals surface area contributed by atoms with Crippen LogP contribution < -0.4 is 9.47 Å². The fraction of sp³-hybridized carbons (Fsp3) is 0.370. The average molecular weight is 562 g/mol. The van der Waals surface area contributed by atoms with Gasteiger partial charge in [-0.2, -0.15) is 0 Å². The first-order chi connectivity index (χ1) is 19.0. The third-order valence-corrected chi connectivity index (χ3v) is 4.58. The Morgan fingerprint density at radius 2 is 1.20 bits per heavy atom. The van der Waals surface area contributed by atoms with Crippen LogP contribution in [0.2, 0.25) is 0 Å². The van der Waals surface area contributed by atoms with E-state index in [9.17, 15) is 28.8 Å². The summed E-state index contributed by atoms with van der Waals surface area (Å²) in [6.45, 7) is 9.18. The maximum Gasteiger partial charge on any atom is 0.330 e. The largest absolute Gasteiger partial charge is 0.459 e. The van der Waals surface area contributed by atoms with Crippen LogP contribution in [0.15, 0.2) is 43.5 Å². The standard InChI is InChI=1S/C27H31NO12/c1-5-22(29)35-15-17(3)37-24(31)9-11-26(33)39-20-7-8-21(19(13-20)14-28)40-27(34)12-10-25(32)38-18(4)16-36-23(30)6-2/h5-8,13-14,17-18,28H,1-2,9-12,15-16H2,3-4H3. The molecule has 0 fully saturated rings. The highest BCUT2D eigenvalue weighted by Gasteiger charge is 2.17. The summed E-state index contributed by atoms with van der Waals surface area (Å²) >= 11 is 0. The summed E-state index contributed by atoms with van der Waals surface area (Å²) in [7, 11) is 0. The number of ether oxygens (including phenoxy) is 6. The van der Waals surface area contributed by atoms with Crippen molar-refractivity contribution >= 4 is 42.0 Å². The molecule has 0 saturated carbocycles. The van der Waals surface area contributed by atoms with Gasteiger partial charge < -0.3 is 33.8 Å². The molecule has 40 heavy (non-hydrogen) atoms. The van der Waals surface area contributed by atoms with Crippen molar-refractivity contribution in [2.75, 3.05) is 13.2 Å². The topological polar surface area (TPSA) is 182 Å². The molecule has 2 atom stereocenters. The van der Waals surface area contributed by atoms with Gasteiger partial charge in [0.05, 0.1) is 25.7 Å². The molecule has 1 aromatic carbocycles. The second-order valence-electron chi connectivity index (χ2n) is 8.06. The zero-order valence-electron chi connectivity index (χ0n) is 22.2. The summed E-state index contributed by atoms with van der Waals surface area (Å²) in [6.07, 6.45) is 0.163. The molecule has 0 heterocycles. The Labute approximate surface area is 230 Å². The number of hydrogen-bond donors (Lipinski definition) is 1. The van der Waals surface area contributed by atoms with E-state index in [0.29, 0.717) is 0 Å². The van der Waals surface area contributed by atoms with Gasteiger partial charge in [0.25, 0.3) is 0 Å². The van der Waals surface area contributed by atoms with Gasteiger partial charge in [0.15, 0.2) is 0 Å². The molecule has 1 rings (SSSR count). The molecular weight excluding hydrogens is 530 g/mol. The van der Waals surface area contributed by atoms with Gasteiger partial charge >= 0.3 is 35.8 Å². The van der Waals surface area contributed by atoms with E-state index < -0.39 is 48.0 Å². The number of benzene rings is 1. The van der Waals surface area contributed by atoms with Crippen LogP contribution in [0.1, 0.15) is 45.1 Å². The van der Waals surface area contributed by atoms with E-state index in [-0.39, 0.29) is 56.0 Å². The fourth-order valence-electron chi connectivity index (χ4n) is 2.71. The molecule has 0 bridgehead atoms. The molecule has 1 N–H and O–H groups in total. The number of esters is 6. The van der Waals surface area contributed by atoms with Crippen molar-refractivity contribution in [2.24, 2.45) is 0 Å². The molecule has 0 aliphatic carbocycles. The molecule has 216 valence electrons. The predicted molar refractivity (Wildman–Crippen MR) is 137 cm³/mol.